The number of carbonyl (C=O) groups excluding carboxylic acids is 1. The molecule has 3 N–H and O–H groups in total. The predicted molar refractivity (Wildman–Crippen MR) is 43.1 cm³/mol. The van der Waals surface area contributed by atoms with Gasteiger partial charge in [0, 0.05) is 13.5 Å². The van der Waals surface area contributed by atoms with Crippen molar-refractivity contribution in [3.8, 4) is 0 Å². The van der Waals surface area contributed by atoms with Gasteiger partial charge in [0.25, 0.3) is 0 Å². The van der Waals surface area contributed by atoms with Gasteiger partial charge >= 0.3 is 5.97 Å². The lowest BCUT2D eigenvalue weighted by molar-refractivity contribution is -0.146. The zero-order valence-corrected chi connectivity index (χ0v) is 7.32. The normalized spacial score (nSPS) is 12.2. The quantitative estimate of drug-likeness (QED) is 0.479. The fourth-order valence-corrected chi connectivity index (χ4v) is 0.581. The first-order chi connectivity index (χ1) is 6.07. The number of hydrogen-bond acceptors (Lipinski definition) is 4. The summed E-state index contributed by atoms with van der Waals surface area (Å²) in [6, 6.07) is 0. The number of aliphatic hydroxyl groups excluding tert-OH is 1. The van der Waals surface area contributed by atoms with E-state index < -0.39 is 12.1 Å². The number of aliphatic hydroxyl groups is 1. The SMILES string of the molecule is COCCC(=O)NCC(O)C(=O)O. The molecule has 1 unspecified atom stereocenters. The minimum atomic E-state index is -1.55. The lowest BCUT2D eigenvalue weighted by Gasteiger charge is -2.06. The van der Waals surface area contributed by atoms with Crippen molar-refractivity contribution < 1.29 is 24.5 Å². The van der Waals surface area contributed by atoms with Crippen LogP contribution >= 0.6 is 0 Å². The zero-order valence-electron chi connectivity index (χ0n) is 7.32. The minimum Gasteiger partial charge on any atom is -0.479 e. The molecule has 0 aliphatic heterocycles. The van der Waals surface area contributed by atoms with Gasteiger partial charge in [-0.15, -0.1) is 0 Å². The molecule has 0 radical (unpaired) electrons. The lowest BCUT2D eigenvalue weighted by Crippen LogP contribution is -2.36. The molecule has 6 heteroatoms. The number of carboxylic acid groups (broad SMARTS) is 1. The number of carbonyl (C=O) groups is 2. The Balaban J connectivity index is 3.52. The smallest absolute Gasteiger partial charge is 0.334 e. The maximum absolute atomic E-state index is 10.8. The van der Waals surface area contributed by atoms with Crippen LogP contribution in [-0.2, 0) is 14.3 Å². The van der Waals surface area contributed by atoms with Crippen molar-refractivity contribution in [2.45, 2.75) is 12.5 Å². The van der Waals surface area contributed by atoms with Gasteiger partial charge in [-0.25, -0.2) is 4.79 Å². The zero-order chi connectivity index (χ0) is 10.3. The molecule has 0 aliphatic carbocycles. The van der Waals surface area contributed by atoms with Crippen molar-refractivity contribution in [2.75, 3.05) is 20.3 Å². The second kappa shape index (κ2) is 6.38. The second-order valence-corrected chi connectivity index (χ2v) is 2.40. The number of hydrogen-bond donors (Lipinski definition) is 3. The number of aliphatic carboxylic acids is 1. The van der Waals surface area contributed by atoms with Gasteiger partial charge in [-0.1, -0.05) is 0 Å². The molecule has 0 fully saturated rings. The van der Waals surface area contributed by atoms with Crippen LogP contribution < -0.4 is 5.32 Å². The minimum absolute atomic E-state index is 0.156. The Bertz CT molecular complexity index is 182. The highest BCUT2D eigenvalue weighted by atomic mass is 16.5. The highest BCUT2D eigenvalue weighted by Crippen LogP contribution is 1.83. The second-order valence-electron chi connectivity index (χ2n) is 2.40. The van der Waals surface area contributed by atoms with Crippen LogP contribution in [-0.4, -0.2) is 48.5 Å². The number of amides is 1. The van der Waals surface area contributed by atoms with E-state index in [0.717, 1.165) is 0 Å². The van der Waals surface area contributed by atoms with Crippen LogP contribution in [0, 0.1) is 0 Å². The summed E-state index contributed by atoms with van der Waals surface area (Å²) in [4.78, 5) is 20.9. The van der Waals surface area contributed by atoms with E-state index in [2.05, 4.69) is 10.1 Å². The van der Waals surface area contributed by atoms with E-state index in [1.54, 1.807) is 0 Å². The maximum Gasteiger partial charge on any atom is 0.334 e. The Labute approximate surface area is 75.5 Å². The van der Waals surface area contributed by atoms with Crippen molar-refractivity contribution >= 4 is 11.9 Å². The maximum atomic E-state index is 10.8. The molecule has 0 aromatic rings. The average Bonchev–Trinajstić information content (AvgIpc) is 2.10. The van der Waals surface area contributed by atoms with Crippen LogP contribution in [0.2, 0.25) is 0 Å². The van der Waals surface area contributed by atoms with Gasteiger partial charge in [0.05, 0.1) is 13.2 Å². The number of ether oxygens (including phenoxy) is 1. The third-order valence-corrected chi connectivity index (χ3v) is 1.31. The van der Waals surface area contributed by atoms with Gasteiger partial charge in [-0.3, -0.25) is 4.79 Å². The van der Waals surface area contributed by atoms with E-state index in [9.17, 15) is 9.59 Å². The number of nitrogens with one attached hydrogen (secondary N) is 1. The summed E-state index contributed by atoms with van der Waals surface area (Å²) in [7, 11) is 1.46. The van der Waals surface area contributed by atoms with Gasteiger partial charge in [0.1, 0.15) is 0 Å². The summed E-state index contributed by atoms with van der Waals surface area (Å²) < 4.78 is 4.63. The molecule has 13 heavy (non-hydrogen) atoms. The molecule has 0 spiro atoms. The Kier molecular flexibility index (Phi) is 5.82. The first-order valence-corrected chi connectivity index (χ1v) is 3.74. The Hall–Kier alpha value is -1.14. The van der Waals surface area contributed by atoms with Gasteiger partial charge in [0.15, 0.2) is 6.10 Å². The summed E-state index contributed by atoms with van der Waals surface area (Å²) in [5.41, 5.74) is 0. The molecule has 0 heterocycles. The lowest BCUT2D eigenvalue weighted by atomic mass is 10.3. The van der Waals surface area contributed by atoms with Gasteiger partial charge < -0.3 is 20.3 Å². The van der Waals surface area contributed by atoms with Gasteiger partial charge in [-0.2, -0.15) is 0 Å². The molecular weight excluding hydrogens is 178 g/mol. The summed E-state index contributed by atoms with van der Waals surface area (Å²) in [5, 5.41) is 19.2. The standard InChI is InChI=1S/C7H13NO5/c1-13-3-2-6(10)8-4-5(9)7(11)12/h5,9H,2-4H2,1H3,(H,8,10)(H,11,12). The first-order valence-electron chi connectivity index (χ1n) is 3.74. The van der Waals surface area contributed by atoms with E-state index in [4.69, 9.17) is 10.2 Å². The number of rotatable bonds is 6. The molecule has 0 aliphatic rings. The molecule has 0 aromatic heterocycles. The third-order valence-electron chi connectivity index (χ3n) is 1.31. The van der Waals surface area contributed by atoms with Crippen LogP contribution in [0.4, 0.5) is 0 Å². The Morgan fingerprint density at radius 3 is 2.62 bits per heavy atom. The molecule has 76 valence electrons. The molecule has 0 bridgehead atoms. The van der Waals surface area contributed by atoms with Crippen LogP contribution in [0.25, 0.3) is 0 Å². The Morgan fingerprint density at radius 1 is 1.54 bits per heavy atom. The van der Waals surface area contributed by atoms with E-state index >= 15 is 0 Å². The summed E-state index contributed by atoms with van der Waals surface area (Å²) >= 11 is 0. The molecule has 1 atom stereocenters. The predicted octanol–water partition coefficient (Wildman–Crippen LogP) is -1.42. The van der Waals surface area contributed by atoms with Crippen molar-refractivity contribution in [1.29, 1.82) is 0 Å². The molecule has 1 amide bonds. The van der Waals surface area contributed by atoms with Crippen LogP contribution in [0.1, 0.15) is 6.42 Å². The third kappa shape index (κ3) is 6.06. The molecule has 0 saturated carbocycles. The van der Waals surface area contributed by atoms with Gasteiger partial charge in [-0.05, 0) is 0 Å². The summed E-state index contributed by atoms with van der Waals surface area (Å²) in [6.07, 6.45) is -1.39. The molecular formula is C7H13NO5. The van der Waals surface area contributed by atoms with E-state index in [-0.39, 0.29) is 25.5 Å². The summed E-state index contributed by atoms with van der Waals surface area (Å²) in [6.45, 7) is -0.00706. The molecule has 0 saturated heterocycles. The van der Waals surface area contributed by atoms with Crippen molar-refractivity contribution in [2.24, 2.45) is 0 Å². The van der Waals surface area contributed by atoms with E-state index in [1.165, 1.54) is 7.11 Å². The monoisotopic (exact) mass is 191 g/mol. The van der Waals surface area contributed by atoms with Crippen LogP contribution in [0.15, 0.2) is 0 Å². The average molecular weight is 191 g/mol. The topological polar surface area (TPSA) is 95.9 Å². The first kappa shape index (κ1) is 11.9. The fourth-order valence-electron chi connectivity index (χ4n) is 0.581. The van der Waals surface area contributed by atoms with Crippen molar-refractivity contribution in [3.05, 3.63) is 0 Å². The highest BCUT2D eigenvalue weighted by Gasteiger charge is 2.13. The fraction of sp³-hybridized carbons (Fsp3) is 0.714. The highest BCUT2D eigenvalue weighted by molar-refractivity contribution is 5.77. The molecule has 0 aromatic carbocycles. The Morgan fingerprint density at radius 2 is 2.15 bits per heavy atom. The number of methoxy groups -OCH3 is 1. The molecule has 6 nitrogen and oxygen atoms in total. The largest absolute Gasteiger partial charge is 0.479 e. The molecule has 0 rings (SSSR count). The summed E-state index contributed by atoms with van der Waals surface area (Å²) in [5.74, 6) is -1.70. The van der Waals surface area contributed by atoms with Crippen molar-refractivity contribution in [3.63, 3.8) is 0 Å². The number of carboxylic acids is 1. The van der Waals surface area contributed by atoms with Crippen LogP contribution in [0.5, 0.6) is 0 Å². The van der Waals surface area contributed by atoms with E-state index in [0.29, 0.717) is 0 Å². The van der Waals surface area contributed by atoms with E-state index in [1.807, 2.05) is 0 Å². The van der Waals surface area contributed by atoms with Crippen molar-refractivity contribution in [1.82, 2.24) is 5.32 Å². The van der Waals surface area contributed by atoms with Crippen LogP contribution in [0.3, 0.4) is 0 Å². The van der Waals surface area contributed by atoms with Gasteiger partial charge in [0.2, 0.25) is 5.91 Å².